The van der Waals surface area contributed by atoms with Crippen LogP contribution in [0.4, 0.5) is 0 Å². The van der Waals surface area contributed by atoms with Crippen LogP contribution in [0.15, 0.2) is 6.07 Å². The van der Waals surface area contributed by atoms with Gasteiger partial charge in [0.2, 0.25) is 0 Å². The summed E-state index contributed by atoms with van der Waals surface area (Å²) in [6.07, 6.45) is -0.988. The van der Waals surface area contributed by atoms with Crippen molar-refractivity contribution < 1.29 is 19.3 Å². The van der Waals surface area contributed by atoms with Crippen molar-refractivity contribution >= 4 is 45.2 Å². The molecule has 0 amide bonds. The van der Waals surface area contributed by atoms with Gasteiger partial charge in [-0.15, -0.1) is 0 Å². The van der Waals surface area contributed by atoms with Crippen LogP contribution in [0.2, 0.25) is 0 Å². The highest BCUT2D eigenvalue weighted by molar-refractivity contribution is 14.1. The molecule has 0 aliphatic heterocycles. The van der Waals surface area contributed by atoms with E-state index < -0.39 is 6.10 Å². The van der Waals surface area contributed by atoms with E-state index in [4.69, 9.17) is 14.2 Å². The van der Waals surface area contributed by atoms with Crippen LogP contribution in [0.25, 0.3) is 0 Å². The van der Waals surface area contributed by atoms with Crippen LogP contribution in [-0.4, -0.2) is 25.1 Å². The smallest absolute Gasteiger partial charge is 0.197 e. The zero-order chi connectivity index (χ0) is 14.6. The first-order valence-electron chi connectivity index (χ1n) is 5.94. The van der Waals surface area contributed by atoms with Crippen molar-refractivity contribution in [1.29, 1.82) is 0 Å². The minimum Gasteiger partial charge on any atom is -0.494 e. The van der Waals surface area contributed by atoms with Crippen molar-refractivity contribution in [2.45, 2.75) is 33.2 Å². The predicted octanol–water partition coefficient (Wildman–Crippen LogP) is 3.72. The first-order chi connectivity index (χ1) is 8.92. The highest BCUT2D eigenvalue weighted by Gasteiger charge is 2.21. The van der Waals surface area contributed by atoms with Crippen LogP contribution in [0, 0.1) is 7.14 Å². The topological polar surface area (TPSA) is 47.9 Å². The molecule has 1 aromatic carbocycles. The SMILES string of the molecule is CCOC(C)Oc1c(C(C)O)cc(I)c(OC)c1I. The maximum Gasteiger partial charge on any atom is 0.197 e. The van der Waals surface area contributed by atoms with E-state index in [0.29, 0.717) is 12.4 Å². The largest absolute Gasteiger partial charge is 0.494 e. The average molecular weight is 492 g/mol. The number of rotatable bonds is 6. The van der Waals surface area contributed by atoms with Gasteiger partial charge >= 0.3 is 0 Å². The van der Waals surface area contributed by atoms with Crippen molar-refractivity contribution in [2.75, 3.05) is 13.7 Å². The molecule has 2 unspecified atom stereocenters. The fourth-order valence-corrected chi connectivity index (χ4v) is 3.94. The number of benzene rings is 1. The van der Waals surface area contributed by atoms with Crippen LogP contribution in [-0.2, 0) is 4.74 Å². The third kappa shape index (κ3) is 4.33. The van der Waals surface area contributed by atoms with Gasteiger partial charge in [0.1, 0.15) is 11.5 Å². The quantitative estimate of drug-likeness (QED) is 0.486. The highest BCUT2D eigenvalue weighted by Crippen LogP contribution is 2.40. The van der Waals surface area contributed by atoms with Crippen LogP contribution < -0.4 is 9.47 Å². The van der Waals surface area contributed by atoms with E-state index in [9.17, 15) is 5.11 Å². The summed E-state index contributed by atoms with van der Waals surface area (Å²) < 4.78 is 18.4. The molecule has 0 aliphatic carbocycles. The fourth-order valence-electron chi connectivity index (χ4n) is 1.65. The second kappa shape index (κ2) is 7.84. The summed E-state index contributed by atoms with van der Waals surface area (Å²) in [5, 5.41) is 9.89. The Bertz CT molecular complexity index is 435. The third-order valence-electron chi connectivity index (χ3n) is 2.50. The lowest BCUT2D eigenvalue weighted by atomic mass is 10.1. The van der Waals surface area contributed by atoms with Crippen LogP contribution >= 0.6 is 45.2 Å². The molecule has 1 rings (SSSR count). The Morgan fingerprint density at radius 3 is 2.37 bits per heavy atom. The van der Waals surface area contributed by atoms with Crippen molar-refractivity contribution in [1.82, 2.24) is 0 Å². The molecule has 0 fully saturated rings. The number of hydrogen-bond donors (Lipinski definition) is 1. The summed E-state index contributed by atoms with van der Waals surface area (Å²) in [6, 6.07) is 1.88. The summed E-state index contributed by atoms with van der Waals surface area (Å²) >= 11 is 4.35. The van der Waals surface area contributed by atoms with Crippen molar-refractivity contribution in [3.63, 3.8) is 0 Å². The monoisotopic (exact) mass is 492 g/mol. The summed E-state index contributed by atoms with van der Waals surface area (Å²) in [4.78, 5) is 0. The first kappa shape index (κ1) is 17.3. The molecular weight excluding hydrogens is 474 g/mol. The molecule has 1 aromatic rings. The van der Waals surface area contributed by atoms with Crippen LogP contribution in [0.5, 0.6) is 11.5 Å². The van der Waals surface area contributed by atoms with E-state index in [2.05, 4.69) is 45.2 Å². The minimum absolute atomic E-state index is 0.374. The summed E-state index contributed by atoms with van der Waals surface area (Å²) in [7, 11) is 1.62. The standard InChI is InChI=1S/C13H18I2O4/c1-5-18-8(3)19-12-9(7(2)16)6-10(14)13(17-4)11(12)15/h6-8,16H,5H2,1-4H3. The van der Waals surface area contributed by atoms with E-state index in [1.807, 2.05) is 19.9 Å². The number of hydrogen-bond acceptors (Lipinski definition) is 4. The molecule has 108 valence electrons. The Morgan fingerprint density at radius 2 is 1.89 bits per heavy atom. The van der Waals surface area contributed by atoms with Crippen molar-refractivity contribution in [3.8, 4) is 11.5 Å². The zero-order valence-electron chi connectivity index (χ0n) is 11.4. The maximum absolute atomic E-state index is 9.89. The molecule has 1 N–H and O–H groups in total. The lowest BCUT2D eigenvalue weighted by Crippen LogP contribution is -2.18. The Labute approximate surface area is 141 Å². The van der Waals surface area contributed by atoms with E-state index >= 15 is 0 Å². The Morgan fingerprint density at radius 1 is 1.26 bits per heavy atom. The summed E-state index contributed by atoms with van der Waals surface area (Å²) in [5.41, 5.74) is 0.737. The molecule has 0 aliphatic rings. The lowest BCUT2D eigenvalue weighted by molar-refractivity contribution is -0.0630. The van der Waals surface area contributed by atoms with Gasteiger partial charge in [-0.25, -0.2) is 0 Å². The predicted molar refractivity (Wildman–Crippen MR) is 90.8 cm³/mol. The Kier molecular flexibility index (Phi) is 7.12. The fraction of sp³-hybridized carbons (Fsp3) is 0.538. The molecule has 19 heavy (non-hydrogen) atoms. The number of aliphatic hydroxyl groups is 1. The van der Waals surface area contributed by atoms with Crippen LogP contribution in [0.1, 0.15) is 32.4 Å². The molecule has 2 atom stereocenters. The molecule has 0 aromatic heterocycles. The Hall–Kier alpha value is 0.200. The van der Waals surface area contributed by atoms with Gasteiger partial charge in [-0.3, -0.25) is 0 Å². The van der Waals surface area contributed by atoms with Gasteiger partial charge in [0, 0.05) is 12.2 Å². The number of halogens is 2. The molecule has 4 nitrogen and oxygen atoms in total. The summed E-state index contributed by atoms with van der Waals surface area (Å²) in [5.74, 6) is 1.37. The van der Waals surface area contributed by atoms with E-state index in [1.54, 1.807) is 14.0 Å². The van der Waals surface area contributed by atoms with Gasteiger partial charge < -0.3 is 19.3 Å². The van der Waals surface area contributed by atoms with Crippen molar-refractivity contribution in [2.24, 2.45) is 0 Å². The van der Waals surface area contributed by atoms with Gasteiger partial charge in [0.05, 0.1) is 20.4 Å². The molecule has 0 bridgehead atoms. The molecule has 0 radical (unpaired) electrons. The molecule has 0 spiro atoms. The number of ether oxygens (including phenoxy) is 3. The maximum atomic E-state index is 9.89. The average Bonchev–Trinajstić information content (AvgIpc) is 2.33. The third-order valence-corrected chi connectivity index (χ3v) is 4.28. The van der Waals surface area contributed by atoms with Crippen LogP contribution in [0.3, 0.4) is 0 Å². The lowest BCUT2D eigenvalue weighted by Gasteiger charge is -2.21. The number of methoxy groups -OCH3 is 1. The summed E-state index contributed by atoms with van der Waals surface area (Å²) in [6.45, 7) is 6.03. The van der Waals surface area contributed by atoms with Gasteiger partial charge in [0.15, 0.2) is 6.29 Å². The van der Waals surface area contributed by atoms with Gasteiger partial charge in [-0.05, 0) is 72.0 Å². The van der Waals surface area contributed by atoms with Crippen molar-refractivity contribution in [3.05, 3.63) is 18.8 Å². The molecule has 0 saturated carbocycles. The Balaban J connectivity index is 3.25. The van der Waals surface area contributed by atoms with Gasteiger partial charge in [0.25, 0.3) is 0 Å². The second-order valence-corrected chi connectivity index (χ2v) is 6.18. The van der Waals surface area contributed by atoms with E-state index in [0.717, 1.165) is 18.5 Å². The second-order valence-electron chi connectivity index (χ2n) is 3.94. The van der Waals surface area contributed by atoms with Gasteiger partial charge in [-0.1, -0.05) is 0 Å². The van der Waals surface area contributed by atoms with E-state index in [-0.39, 0.29) is 6.29 Å². The highest BCUT2D eigenvalue weighted by atomic mass is 127. The number of aliphatic hydroxyl groups excluding tert-OH is 1. The van der Waals surface area contributed by atoms with Gasteiger partial charge in [-0.2, -0.15) is 0 Å². The molecule has 0 heterocycles. The molecule has 6 heteroatoms. The van der Waals surface area contributed by atoms with E-state index in [1.165, 1.54) is 0 Å². The molecular formula is C13H18I2O4. The molecule has 0 saturated heterocycles. The minimum atomic E-state index is -0.614. The zero-order valence-corrected chi connectivity index (χ0v) is 15.7. The normalized spacial score (nSPS) is 14.1. The first-order valence-corrected chi connectivity index (χ1v) is 8.10.